The van der Waals surface area contributed by atoms with Crippen LogP contribution in [0.15, 0.2) is 24.3 Å². The predicted octanol–water partition coefficient (Wildman–Crippen LogP) is 4.38. The Balaban J connectivity index is 1.90. The van der Waals surface area contributed by atoms with Crippen molar-refractivity contribution in [1.29, 1.82) is 0 Å². The fraction of sp³-hybridized carbons (Fsp3) is 0.571. The first-order valence-electron chi connectivity index (χ1n) is 9.18. The first-order chi connectivity index (χ1) is 11.4. The van der Waals surface area contributed by atoms with Gasteiger partial charge in [-0.1, -0.05) is 39.0 Å². The number of aromatic nitrogens is 1. The van der Waals surface area contributed by atoms with Crippen molar-refractivity contribution in [2.75, 3.05) is 32.5 Å². The lowest BCUT2D eigenvalue weighted by Gasteiger charge is -2.34. The zero-order chi connectivity index (χ0) is 17.1. The molecule has 0 unspecified atom stereocenters. The van der Waals surface area contributed by atoms with E-state index in [2.05, 4.69) is 69.3 Å². The van der Waals surface area contributed by atoms with Crippen LogP contribution >= 0.6 is 0 Å². The summed E-state index contributed by atoms with van der Waals surface area (Å²) in [7, 11) is 4.26. The Hall–Kier alpha value is -1.61. The van der Waals surface area contributed by atoms with Crippen molar-refractivity contribution in [3.63, 3.8) is 0 Å². The lowest BCUT2D eigenvalue weighted by Crippen LogP contribution is -2.32. The molecule has 2 aliphatic carbocycles. The van der Waals surface area contributed by atoms with Gasteiger partial charge in [-0.15, -0.1) is 0 Å². The van der Waals surface area contributed by atoms with Gasteiger partial charge in [0.05, 0.1) is 11.2 Å². The van der Waals surface area contributed by atoms with E-state index < -0.39 is 0 Å². The molecular weight excluding hydrogens is 294 g/mol. The molecule has 4 rings (SSSR count). The molecule has 1 N–H and O–H groups in total. The zero-order valence-corrected chi connectivity index (χ0v) is 15.6. The van der Waals surface area contributed by atoms with E-state index in [1.807, 2.05) is 0 Å². The molecule has 1 saturated carbocycles. The Bertz CT molecular complexity index is 793. The molecule has 0 amide bonds. The van der Waals surface area contributed by atoms with Gasteiger partial charge in [-0.25, -0.2) is 0 Å². The quantitative estimate of drug-likeness (QED) is 0.905. The van der Waals surface area contributed by atoms with Crippen molar-refractivity contribution in [2.45, 2.75) is 44.9 Å². The van der Waals surface area contributed by atoms with Crippen LogP contribution in [0, 0.1) is 5.41 Å². The monoisotopic (exact) mass is 323 g/mol. The highest BCUT2D eigenvalue weighted by molar-refractivity contribution is 5.94. The van der Waals surface area contributed by atoms with E-state index in [9.17, 15) is 0 Å². The smallest absolute Gasteiger partial charge is 0.0726 e. The van der Waals surface area contributed by atoms with Crippen LogP contribution in [-0.4, -0.2) is 37.1 Å². The van der Waals surface area contributed by atoms with E-state index in [0.717, 1.165) is 18.6 Å². The third kappa shape index (κ3) is 1.97. The minimum Gasteiger partial charge on any atom is -0.383 e. The molecule has 1 aromatic carbocycles. The molecule has 0 radical (unpaired) electrons. The largest absolute Gasteiger partial charge is 0.383 e. The van der Waals surface area contributed by atoms with Gasteiger partial charge < -0.3 is 10.2 Å². The molecule has 0 spiro atoms. The molecule has 2 bridgehead atoms. The Labute approximate surface area is 145 Å². The van der Waals surface area contributed by atoms with Crippen LogP contribution in [0.3, 0.4) is 0 Å². The highest BCUT2D eigenvalue weighted by Gasteiger charge is 2.61. The molecule has 0 saturated heterocycles. The molecule has 1 fully saturated rings. The van der Waals surface area contributed by atoms with Gasteiger partial charge in [-0.05, 0) is 44.3 Å². The van der Waals surface area contributed by atoms with Gasteiger partial charge in [0.15, 0.2) is 0 Å². The van der Waals surface area contributed by atoms with E-state index in [0.29, 0.717) is 5.92 Å². The number of pyridine rings is 1. The van der Waals surface area contributed by atoms with Gasteiger partial charge in [0.25, 0.3) is 0 Å². The van der Waals surface area contributed by atoms with Gasteiger partial charge in [-0.3, -0.25) is 4.98 Å². The fourth-order valence-corrected chi connectivity index (χ4v) is 5.01. The number of nitrogens with zero attached hydrogens (tertiary/aromatic N) is 2. The predicted molar refractivity (Wildman–Crippen MR) is 102 cm³/mol. The molecule has 2 aromatic rings. The van der Waals surface area contributed by atoms with Gasteiger partial charge in [-0.2, -0.15) is 0 Å². The minimum absolute atomic E-state index is 0.203. The van der Waals surface area contributed by atoms with Crippen molar-refractivity contribution in [3.8, 4) is 0 Å². The number of likely N-dealkylation sites (N-methyl/N-ethyl adjacent to an activating group) is 1. The standard InChI is InChI=1S/C21H29N3/c1-20(2)15-10-11-21(20,3)19-17(15)18(22-12-13-24(4)5)14-8-6-7-9-16(14)23-19/h6-9,15H,10-13H2,1-5H3,(H,22,23)/t15-,21-/m1/s1. The Morgan fingerprint density at radius 1 is 1.21 bits per heavy atom. The molecule has 2 aliphatic rings. The van der Waals surface area contributed by atoms with Crippen LogP contribution in [0.25, 0.3) is 10.9 Å². The third-order valence-corrected chi connectivity index (χ3v) is 6.89. The molecule has 2 atom stereocenters. The summed E-state index contributed by atoms with van der Waals surface area (Å²) in [6, 6.07) is 8.62. The fourth-order valence-electron chi connectivity index (χ4n) is 5.01. The van der Waals surface area contributed by atoms with E-state index in [1.54, 1.807) is 0 Å². The number of benzene rings is 1. The lowest BCUT2D eigenvalue weighted by atomic mass is 9.70. The van der Waals surface area contributed by atoms with Crippen molar-refractivity contribution >= 4 is 16.6 Å². The maximum absolute atomic E-state index is 5.16. The van der Waals surface area contributed by atoms with Crippen LogP contribution in [0.4, 0.5) is 5.69 Å². The summed E-state index contributed by atoms with van der Waals surface area (Å²) >= 11 is 0. The Kier molecular flexibility index (Phi) is 3.44. The maximum Gasteiger partial charge on any atom is 0.0726 e. The Morgan fingerprint density at radius 3 is 2.71 bits per heavy atom. The summed E-state index contributed by atoms with van der Waals surface area (Å²) < 4.78 is 0. The van der Waals surface area contributed by atoms with Crippen molar-refractivity contribution in [1.82, 2.24) is 9.88 Å². The van der Waals surface area contributed by atoms with Gasteiger partial charge in [0, 0.05) is 35.1 Å². The zero-order valence-electron chi connectivity index (χ0n) is 15.6. The summed E-state index contributed by atoms with van der Waals surface area (Å²) in [6.07, 6.45) is 2.55. The topological polar surface area (TPSA) is 28.2 Å². The SMILES string of the molecule is CN(C)CCNc1c2c(nc3ccccc13)[C@@]1(C)CC[C@H]2C1(C)C. The summed E-state index contributed by atoms with van der Waals surface area (Å²) in [5, 5.41) is 5.06. The minimum atomic E-state index is 0.203. The average Bonchev–Trinajstić information content (AvgIpc) is 2.86. The number of hydrogen-bond donors (Lipinski definition) is 1. The maximum atomic E-state index is 5.16. The van der Waals surface area contributed by atoms with Gasteiger partial charge in [0.1, 0.15) is 0 Å². The molecule has 24 heavy (non-hydrogen) atoms. The number of fused-ring (bicyclic) bond motifs is 6. The lowest BCUT2D eigenvalue weighted by molar-refractivity contribution is 0.227. The highest BCUT2D eigenvalue weighted by atomic mass is 15.1. The highest BCUT2D eigenvalue weighted by Crippen LogP contribution is 2.68. The molecule has 3 nitrogen and oxygen atoms in total. The summed E-state index contributed by atoms with van der Waals surface area (Å²) in [5.74, 6) is 0.622. The average molecular weight is 323 g/mol. The summed E-state index contributed by atoms with van der Waals surface area (Å²) in [5.41, 5.74) is 5.83. The molecular formula is C21H29N3. The van der Waals surface area contributed by atoms with E-state index in [-0.39, 0.29) is 10.8 Å². The van der Waals surface area contributed by atoms with E-state index in [4.69, 9.17) is 4.98 Å². The number of anilines is 1. The van der Waals surface area contributed by atoms with E-state index in [1.165, 1.54) is 35.2 Å². The second-order valence-corrected chi connectivity index (χ2v) is 8.64. The van der Waals surface area contributed by atoms with Crippen LogP contribution in [0.2, 0.25) is 0 Å². The Morgan fingerprint density at radius 2 is 1.96 bits per heavy atom. The van der Waals surface area contributed by atoms with Crippen molar-refractivity contribution < 1.29 is 0 Å². The number of rotatable bonds is 4. The molecule has 128 valence electrons. The second kappa shape index (κ2) is 5.19. The first-order valence-corrected chi connectivity index (χ1v) is 9.18. The molecule has 1 heterocycles. The molecule has 3 heteroatoms. The van der Waals surface area contributed by atoms with Crippen LogP contribution in [0.1, 0.15) is 50.8 Å². The molecule has 1 aromatic heterocycles. The third-order valence-electron chi connectivity index (χ3n) is 6.89. The normalized spacial score (nSPS) is 27.0. The van der Waals surface area contributed by atoms with Crippen LogP contribution in [0.5, 0.6) is 0 Å². The number of nitrogens with one attached hydrogen (secondary N) is 1. The van der Waals surface area contributed by atoms with Gasteiger partial charge >= 0.3 is 0 Å². The summed E-state index contributed by atoms with van der Waals surface area (Å²) in [6.45, 7) is 9.33. The van der Waals surface area contributed by atoms with E-state index >= 15 is 0 Å². The second-order valence-electron chi connectivity index (χ2n) is 8.64. The summed E-state index contributed by atoms with van der Waals surface area (Å²) in [4.78, 5) is 7.39. The van der Waals surface area contributed by atoms with Crippen LogP contribution < -0.4 is 5.32 Å². The first kappa shape index (κ1) is 15.9. The molecule has 0 aliphatic heterocycles. The van der Waals surface area contributed by atoms with Crippen LogP contribution in [-0.2, 0) is 5.41 Å². The number of hydrogen-bond acceptors (Lipinski definition) is 3. The number of para-hydroxylation sites is 1. The van der Waals surface area contributed by atoms with Crippen molar-refractivity contribution in [3.05, 3.63) is 35.5 Å². The van der Waals surface area contributed by atoms with Gasteiger partial charge in [0.2, 0.25) is 0 Å². The van der Waals surface area contributed by atoms with Crippen molar-refractivity contribution in [2.24, 2.45) is 5.41 Å².